The Morgan fingerprint density at radius 1 is 1.19 bits per heavy atom. The van der Waals surface area contributed by atoms with Gasteiger partial charge in [-0.15, -0.1) is 0 Å². The van der Waals surface area contributed by atoms with E-state index in [1.807, 2.05) is 44.2 Å². The van der Waals surface area contributed by atoms with Gasteiger partial charge < -0.3 is 4.57 Å². The largest absolute Gasteiger partial charge is 0.317 e. The topological polar surface area (TPSA) is 71.9 Å². The molecule has 5 nitrogen and oxygen atoms in total. The van der Waals surface area contributed by atoms with Gasteiger partial charge in [0.2, 0.25) is 0 Å². The van der Waals surface area contributed by atoms with E-state index in [2.05, 4.69) is 26.6 Å². The highest BCUT2D eigenvalue weighted by molar-refractivity contribution is 9.10. The van der Waals surface area contributed by atoms with E-state index in [0.29, 0.717) is 11.1 Å². The Kier molecular flexibility index (Phi) is 5.24. The Hall–Kier alpha value is -3.17. The second-order valence-electron chi connectivity index (χ2n) is 6.09. The molecule has 0 spiro atoms. The van der Waals surface area contributed by atoms with Gasteiger partial charge in [-0.2, -0.15) is 5.26 Å². The van der Waals surface area contributed by atoms with Crippen molar-refractivity contribution >= 4 is 33.3 Å². The van der Waals surface area contributed by atoms with Crippen LogP contribution in [-0.2, 0) is 0 Å². The number of nitro benzene ring substituents is 1. The molecular formula is C21H16BrN3O2. The van der Waals surface area contributed by atoms with Crippen LogP contribution in [0, 0.1) is 35.3 Å². The molecule has 1 heterocycles. The number of aryl methyl sites for hydroxylation is 1. The minimum atomic E-state index is -0.461. The lowest BCUT2D eigenvalue weighted by Crippen LogP contribution is -1.99. The van der Waals surface area contributed by atoms with Crippen LogP contribution in [0.1, 0.15) is 22.5 Å². The standard InChI is InChI=1S/C21H16BrN3O2/c1-14-10-17(15(2)24(14)21-9-4-3-8-20(21)22)11-18(13-23)16-6-5-7-19(12-16)25(26)27/h3-12H,1-2H3. The number of halogens is 1. The number of benzene rings is 2. The van der Waals surface area contributed by atoms with E-state index < -0.39 is 4.92 Å². The lowest BCUT2D eigenvalue weighted by Gasteiger charge is -2.11. The Balaban J connectivity index is 2.11. The van der Waals surface area contributed by atoms with E-state index in [1.165, 1.54) is 12.1 Å². The summed E-state index contributed by atoms with van der Waals surface area (Å²) in [4.78, 5) is 10.5. The van der Waals surface area contributed by atoms with Crippen LogP contribution < -0.4 is 0 Å². The summed E-state index contributed by atoms with van der Waals surface area (Å²) in [7, 11) is 0. The van der Waals surface area contributed by atoms with Crippen molar-refractivity contribution in [1.29, 1.82) is 5.26 Å². The fraction of sp³-hybridized carbons (Fsp3) is 0.0952. The third kappa shape index (κ3) is 3.69. The third-order valence-electron chi connectivity index (χ3n) is 4.35. The second-order valence-corrected chi connectivity index (χ2v) is 6.94. The predicted octanol–water partition coefficient (Wildman–Crippen LogP) is 5.83. The average molecular weight is 422 g/mol. The summed E-state index contributed by atoms with van der Waals surface area (Å²) in [6.07, 6.45) is 1.77. The molecule has 0 aliphatic carbocycles. The molecule has 0 radical (unpaired) electrons. The third-order valence-corrected chi connectivity index (χ3v) is 5.02. The normalized spacial score (nSPS) is 11.3. The molecule has 3 aromatic rings. The van der Waals surface area contributed by atoms with Crippen molar-refractivity contribution in [2.75, 3.05) is 0 Å². The van der Waals surface area contributed by atoms with E-state index in [4.69, 9.17) is 0 Å². The summed E-state index contributed by atoms with van der Waals surface area (Å²) in [5.41, 5.74) is 4.79. The number of nitriles is 1. The minimum absolute atomic E-state index is 0.0349. The Bertz CT molecular complexity index is 1110. The molecule has 0 bridgehead atoms. The SMILES string of the molecule is Cc1cc(C=C(C#N)c2cccc([N+](=O)[O-])c2)c(C)n1-c1ccccc1Br. The van der Waals surface area contributed by atoms with Crippen LogP contribution in [0.25, 0.3) is 17.3 Å². The van der Waals surface area contributed by atoms with Crippen LogP contribution >= 0.6 is 15.9 Å². The van der Waals surface area contributed by atoms with Gasteiger partial charge in [-0.05, 0) is 65.2 Å². The number of non-ortho nitro benzene ring substituents is 1. The molecule has 0 N–H and O–H groups in total. The number of nitro groups is 1. The fourth-order valence-electron chi connectivity index (χ4n) is 3.06. The van der Waals surface area contributed by atoms with Gasteiger partial charge >= 0.3 is 0 Å². The first-order valence-corrected chi connectivity index (χ1v) is 9.02. The summed E-state index contributed by atoms with van der Waals surface area (Å²) < 4.78 is 3.08. The molecule has 134 valence electrons. The molecule has 3 rings (SSSR count). The van der Waals surface area contributed by atoms with Gasteiger partial charge in [-0.3, -0.25) is 10.1 Å². The van der Waals surface area contributed by atoms with Crippen LogP contribution in [0.4, 0.5) is 5.69 Å². The molecule has 2 aromatic carbocycles. The van der Waals surface area contributed by atoms with Gasteiger partial charge in [0.15, 0.2) is 0 Å². The van der Waals surface area contributed by atoms with Crippen molar-refractivity contribution in [2.24, 2.45) is 0 Å². The number of nitrogens with zero attached hydrogens (tertiary/aromatic N) is 3. The van der Waals surface area contributed by atoms with Gasteiger partial charge in [0, 0.05) is 28.0 Å². The second kappa shape index (κ2) is 7.60. The van der Waals surface area contributed by atoms with Crippen LogP contribution in [0.3, 0.4) is 0 Å². The summed E-state index contributed by atoms with van der Waals surface area (Å²) in [5, 5.41) is 20.6. The summed E-state index contributed by atoms with van der Waals surface area (Å²) in [5.74, 6) is 0. The van der Waals surface area contributed by atoms with Gasteiger partial charge in [0.1, 0.15) is 0 Å². The van der Waals surface area contributed by atoms with Crippen molar-refractivity contribution in [3.05, 3.63) is 91.7 Å². The molecule has 0 aliphatic heterocycles. The number of para-hydroxylation sites is 1. The quantitative estimate of drug-likeness (QED) is 0.302. The Labute approximate surface area is 165 Å². The number of rotatable bonds is 4. The molecule has 0 saturated carbocycles. The Morgan fingerprint density at radius 3 is 2.59 bits per heavy atom. The smallest absolute Gasteiger partial charge is 0.270 e. The molecule has 0 saturated heterocycles. The highest BCUT2D eigenvalue weighted by Crippen LogP contribution is 2.29. The first kappa shape index (κ1) is 18.6. The molecule has 0 atom stereocenters. The van der Waals surface area contributed by atoms with Crippen molar-refractivity contribution in [3.8, 4) is 11.8 Å². The number of allylic oxidation sites excluding steroid dienone is 1. The van der Waals surface area contributed by atoms with Crippen LogP contribution in [0.5, 0.6) is 0 Å². The highest BCUT2D eigenvalue weighted by atomic mass is 79.9. The van der Waals surface area contributed by atoms with E-state index in [1.54, 1.807) is 18.2 Å². The molecule has 0 fully saturated rings. The van der Waals surface area contributed by atoms with E-state index in [9.17, 15) is 15.4 Å². The lowest BCUT2D eigenvalue weighted by molar-refractivity contribution is -0.384. The van der Waals surface area contributed by atoms with Gasteiger partial charge in [0.05, 0.1) is 22.3 Å². The molecule has 0 aliphatic rings. The van der Waals surface area contributed by atoms with E-state index >= 15 is 0 Å². The molecule has 0 amide bonds. The van der Waals surface area contributed by atoms with Gasteiger partial charge in [0.25, 0.3) is 5.69 Å². The summed E-state index contributed by atoms with van der Waals surface area (Å²) in [6, 6.07) is 18.2. The number of aromatic nitrogens is 1. The zero-order chi connectivity index (χ0) is 19.6. The predicted molar refractivity (Wildman–Crippen MR) is 110 cm³/mol. The molecule has 6 heteroatoms. The minimum Gasteiger partial charge on any atom is -0.317 e. The zero-order valence-electron chi connectivity index (χ0n) is 14.8. The van der Waals surface area contributed by atoms with E-state index in [0.717, 1.165) is 27.1 Å². The maximum atomic E-state index is 11.0. The van der Waals surface area contributed by atoms with E-state index in [-0.39, 0.29) is 5.69 Å². The summed E-state index contributed by atoms with van der Waals surface area (Å²) in [6.45, 7) is 3.99. The first-order chi connectivity index (χ1) is 12.9. The van der Waals surface area contributed by atoms with Crippen molar-refractivity contribution in [2.45, 2.75) is 13.8 Å². The fourth-order valence-corrected chi connectivity index (χ4v) is 3.52. The number of hydrogen-bond acceptors (Lipinski definition) is 3. The zero-order valence-corrected chi connectivity index (χ0v) is 16.4. The monoisotopic (exact) mass is 421 g/mol. The summed E-state index contributed by atoms with van der Waals surface area (Å²) >= 11 is 3.58. The van der Waals surface area contributed by atoms with Crippen LogP contribution in [-0.4, -0.2) is 9.49 Å². The molecule has 1 aromatic heterocycles. The molecule has 27 heavy (non-hydrogen) atoms. The van der Waals surface area contributed by atoms with Crippen LogP contribution in [0.2, 0.25) is 0 Å². The van der Waals surface area contributed by atoms with Crippen molar-refractivity contribution in [3.63, 3.8) is 0 Å². The first-order valence-electron chi connectivity index (χ1n) is 8.23. The maximum Gasteiger partial charge on any atom is 0.270 e. The van der Waals surface area contributed by atoms with Crippen LogP contribution in [0.15, 0.2) is 59.1 Å². The average Bonchev–Trinajstić information content (AvgIpc) is 2.93. The highest BCUT2D eigenvalue weighted by Gasteiger charge is 2.14. The molecule has 0 unspecified atom stereocenters. The lowest BCUT2D eigenvalue weighted by atomic mass is 10.0. The Morgan fingerprint density at radius 2 is 1.93 bits per heavy atom. The maximum absolute atomic E-state index is 11.0. The van der Waals surface area contributed by atoms with Gasteiger partial charge in [-0.25, -0.2) is 0 Å². The molecular weight excluding hydrogens is 406 g/mol. The van der Waals surface area contributed by atoms with Gasteiger partial charge in [-0.1, -0.05) is 24.3 Å². The number of hydrogen-bond donors (Lipinski definition) is 0. The van der Waals surface area contributed by atoms with Crippen molar-refractivity contribution < 1.29 is 4.92 Å². The van der Waals surface area contributed by atoms with Crippen molar-refractivity contribution in [1.82, 2.24) is 4.57 Å².